The quantitative estimate of drug-likeness (QED) is 0.185. The maximum absolute atomic E-state index is 13.5. The van der Waals surface area contributed by atoms with E-state index in [2.05, 4.69) is 55.4 Å². The van der Waals surface area contributed by atoms with Crippen molar-refractivity contribution in [3.05, 3.63) is 70.7 Å². The summed E-state index contributed by atoms with van der Waals surface area (Å²) in [5.74, 6) is 0.605. The van der Waals surface area contributed by atoms with Crippen LogP contribution in [0.2, 0.25) is 11.3 Å². The third-order valence-electron chi connectivity index (χ3n) is 11.1. The summed E-state index contributed by atoms with van der Waals surface area (Å²) in [7, 11) is -0.121. The Hall–Kier alpha value is -2.02. The Morgan fingerprint density at radius 1 is 0.886 bits per heavy atom. The van der Waals surface area contributed by atoms with E-state index in [4.69, 9.17) is 25.6 Å². The zero-order valence-corrected chi connectivity index (χ0v) is 29.2. The highest BCUT2D eigenvalue weighted by atomic mass is 35.5. The third-order valence-corrected chi connectivity index (χ3v) is 11.4. The summed E-state index contributed by atoms with van der Waals surface area (Å²) < 4.78 is 18.4. The molecule has 44 heavy (non-hydrogen) atoms. The highest BCUT2D eigenvalue weighted by molar-refractivity contribution is 6.45. The Morgan fingerprint density at radius 2 is 1.48 bits per heavy atom. The number of benzene rings is 2. The molecule has 1 amide bonds. The lowest BCUT2D eigenvalue weighted by molar-refractivity contribution is -0.0129. The molecule has 1 heterocycles. The monoisotopic (exact) mass is 623 g/mol. The van der Waals surface area contributed by atoms with Crippen molar-refractivity contribution in [1.29, 1.82) is 0 Å². The van der Waals surface area contributed by atoms with Crippen LogP contribution >= 0.6 is 11.6 Å². The fourth-order valence-electron chi connectivity index (χ4n) is 7.03. The van der Waals surface area contributed by atoms with Crippen LogP contribution in [0, 0.1) is 16.7 Å². The Balaban J connectivity index is 1.37. The standard InChI is InChI=1S/C37H55BClNO4/c1-34(2,3)37(8,24-12-13-25-38-43-35(4,5)36(6,7)44-38)30-18-22-32(23-19-30)40(26-28-16-20-31(39)21-17-28)33(41)42-27-29-14-10-9-11-15-29/h9-11,14-17,20-21,30,32H,12-13,18-19,22-27H2,1-8H3. The van der Waals surface area contributed by atoms with E-state index < -0.39 is 0 Å². The molecule has 0 N–H and O–H groups in total. The average molecular weight is 624 g/mol. The first-order valence-corrected chi connectivity index (χ1v) is 17.1. The van der Waals surface area contributed by atoms with Crippen molar-refractivity contribution in [3.8, 4) is 0 Å². The molecule has 7 heteroatoms. The molecule has 2 fully saturated rings. The smallest absolute Gasteiger partial charge is 0.445 e. The minimum Gasteiger partial charge on any atom is -0.445 e. The number of rotatable bonds is 11. The first-order chi connectivity index (χ1) is 20.6. The number of halogens is 1. The predicted molar refractivity (Wildman–Crippen MR) is 182 cm³/mol. The molecule has 242 valence electrons. The van der Waals surface area contributed by atoms with Gasteiger partial charge in [-0.1, -0.05) is 94.6 Å². The molecule has 1 saturated carbocycles. The van der Waals surface area contributed by atoms with E-state index in [1.54, 1.807) is 0 Å². The summed E-state index contributed by atoms with van der Waals surface area (Å²) in [5.41, 5.74) is 1.89. The minimum atomic E-state index is -0.272. The molecule has 1 saturated heterocycles. The van der Waals surface area contributed by atoms with E-state index >= 15 is 0 Å². The van der Waals surface area contributed by atoms with Crippen LogP contribution in [-0.2, 0) is 27.2 Å². The van der Waals surface area contributed by atoms with Crippen molar-refractivity contribution >= 4 is 24.8 Å². The molecule has 1 aliphatic carbocycles. The molecule has 2 aromatic rings. The summed E-state index contributed by atoms with van der Waals surface area (Å²) in [6.45, 7) is 19.0. The SMILES string of the molecule is CC(C)(C)C(C)(CCCCB1OC(C)(C)C(C)(C)O1)C1CCC(N(Cc2ccc(Cl)cc2)C(=O)OCc2ccccc2)CC1. The summed E-state index contributed by atoms with van der Waals surface area (Å²) >= 11 is 6.16. The number of hydrogen-bond donors (Lipinski definition) is 0. The van der Waals surface area contributed by atoms with Crippen molar-refractivity contribution in [2.75, 3.05) is 0 Å². The van der Waals surface area contributed by atoms with E-state index in [1.165, 1.54) is 6.42 Å². The van der Waals surface area contributed by atoms with Crippen LogP contribution in [0.1, 0.15) is 111 Å². The second-order valence-electron chi connectivity index (χ2n) is 15.4. The molecule has 2 aromatic carbocycles. The molecule has 4 rings (SSSR count). The van der Waals surface area contributed by atoms with E-state index in [0.29, 0.717) is 17.5 Å². The lowest BCUT2D eigenvalue weighted by Crippen LogP contribution is -2.46. The van der Waals surface area contributed by atoms with Crippen LogP contribution < -0.4 is 0 Å². The van der Waals surface area contributed by atoms with Crippen molar-refractivity contribution in [2.45, 2.75) is 137 Å². The zero-order valence-electron chi connectivity index (χ0n) is 28.5. The molecule has 0 bridgehead atoms. The van der Waals surface area contributed by atoms with E-state index in [9.17, 15) is 4.79 Å². The fraction of sp³-hybridized carbons (Fsp3) is 0.649. The number of unbranched alkanes of at least 4 members (excludes halogenated alkanes) is 1. The summed E-state index contributed by atoms with van der Waals surface area (Å²) in [5, 5.41) is 0.699. The Kier molecular flexibility index (Phi) is 11.2. The molecule has 0 spiro atoms. The first kappa shape index (κ1) is 34.9. The topological polar surface area (TPSA) is 48.0 Å². The van der Waals surface area contributed by atoms with Gasteiger partial charge in [0.15, 0.2) is 0 Å². The van der Waals surface area contributed by atoms with Crippen LogP contribution in [0.3, 0.4) is 0 Å². The molecule has 2 aliphatic rings. The molecule has 1 aliphatic heterocycles. The molecule has 0 aromatic heterocycles. The molecule has 1 atom stereocenters. The Morgan fingerprint density at radius 3 is 2.05 bits per heavy atom. The lowest BCUT2D eigenvalue weighted by atomic mass is 9.55. The Labute approximate surface area is 272 Å². The van der Waals surface area contributed by atoms with Gasteiger partial charge in [0.25, 0.3) is 0 Å². The van der Waals surface area contributed by atoms with Gasteiger partial charge >= 0.3 is 13.2 Å². The van der Waals surface area contributed by atoms with Gasteiger partial charge in [0, 0.05) is 17.6 Å². The van der Waals surface area contributed by atoms with E-state index in [-0.39, 0.29) is 47.9 Å². The minimum absolute atomic E-state index is 0.121. The Bertz CT molecular complexity index is 1190. The van der Waals surface area contributed by atoms with Gasteiger partial charge in [-0.05, 0) is 106 Å². The normalized spacial score (nSPS) is 22.8. The fourth-order valence-corrected chi connectivity index (χ4v) is 7.16. The third kappa shape index (κ3) is 8.41. The second kappa shape index (κ2) is 14.2. The molecule has 1 unspecified atom stereocenters. The molecule has 0 radical (unpaired) electrons. The van der Waals surface area contributed by atoms with Gasteiger partial charge in [-0.15, -0.1) is 0 Å². The van der Waals surface area contributed by atoms with Gasteiger partial charge < -0.3 is 18.9 Å². The summed E-state index contributed by atoms with van der Waals surface area (Å²) in [6, 6.07) is 17.8. The zero-order chi connectivity index (χ0) is 32.2. The van der Waals surface area contributed by atoms with Crippen LogP contribution in [-0.4, -0.2) is 35.4 Å². The molecular formula is C37H55BClNO4. The summed E-state index contributed by atoms with van der Waals surface area (Å²) in [6.07, 6.45) is 8.32. The molecule has 5 nitrogen and oxygen atoms in total. The maximum atomic E-state index is 13.5. The first-order valence-electron chi connectivity index (χ1n) is 16.7. The number of nitrogens with zero attached hydrogens (tertiary/aromatic N) is 1. The number of carbonyl (C=O) groups is 1. The van der Waals surface area contributed by atoms with Crippen LogP contribution in [0.4, 0.5) is 4.79 Å². The largest absolute Gasteiger partial charge is 0.457 e. The lowest BCUT2D eigenvalue weighted by Gasteiger charge is -2.51. The van der Waals surface area contributed by atoms with Crippen LogP contribution in [0.25, 0.3) is 0 Å². The number of ether oxygens (including phenoxy) is 1. The van der Waals surface area contributed by atoms with Gasteiger partial charge in [0.05, 0.1) is 11.2 Å². The van der Waals surface area contributed by atoms with Crippen molar-refractivity contribution in [3.63, 3.8) is 0 Å². The van der Waals surface area contributed by atoms with Gasteiger partial charge in [-0.25, -0.2) is 4.79 Å². The van der Waals surface area contributed by atoms with E-state index in [1.807, 2.05) is 59.5 Å². The second-order valence-corrected chi connectivity index (χ2v) is 15.8. The van der Waals surface area contributed by atoms with Gasteiger partial charge in [0.2, 0.25) is 0 Å². The highest BCUT2D eigenvalue weighted by Gasteiger charge is 2.51. The van der Waals surface area contributed by atoms with Crippen molar-refractivity contribution in [2.24, 2.45) is 16.7 Å². The number of carbonyl (C=O) groups excluding carboxylic acids is 1. The van der Waals surface area contributed by atoms with Crippen LogP contribution in [0.5, 0.6) is 0 Å². The van der Waals surface area contributed by atoms with Crippen molar-refractivity contribution < 1.29 is 18.8 Å². The molecular weight excluding hydrogens is 569 g/mol. The maximum Gasteiger partial charge on any atom is 0.457 e. The summed E-state index contributed by atoms with van der Waals surface area (Å²) in [4.78, 5) is 15.5. The highest BCUT2D eigenvalue weighted by Crippen LogP contribution is 2.53. The van der Waals surface area contributed by atoms with Gasteiger partial charge in [-0.3, -0.25) is 0 Å². The van der Waals surface area contributed by atoms with E-state index in [0.717, 1.165) is 56.0 Å². The van der Waals surface area contributed by atoms with Crippen molar-refractivity contribution in [1.82, 2.24) is 4.90 Å². The predicted octanol–water partition coefficient (Wildman–Crippen LogP) is 10.4. The number of amides is 1. The average Bonchev–Trinajstić information content (AvgIpc) is 3.19. The van der Waals surface area contributed by atoms with Crippen LogP contribution in [0.15, 0.2) is 54.6 Å². The van der Waals surface area contributed by atoms with Gasteiger partial charge in [0.1, 0.15) is 6.61 Å². The number of hydrogen-bond acceptors (Lipinski definition) is 4. The van der Waals surface area contributed by atoms with Gasteiger partial charge in [-0.2, -0.15) is 0 Å².